The van der Waals surface area contributed by atoms with Crippen molar-refractivity contribution in [1.29, 1.82) is 5.26 Å². The molecule has 7 heteroatoms. The molecule has 2 aromatic rings. The standard InChI is InChI=1S/C19H20N4O2S/c20-10-11-21-18(25)19(8-2-1-3-9-19)23-17(24)15-6-4-14(5-7-15)16-12-26-13-22-16/h4-7,12-13H,1-3,8-9,11H2,(H,21,25)(H,23,24). The van der Waals surface area contributed by atoms with Gasteiger partial charge in [-0.05, 0) is 25.0 Å². The van der Waals surface area contributed by atoms with E-state index in [4.69, 9.17) is 5.26 Å². The van der Waals surface area contributed by atoms with Crippen LogP contribution in [-0.4, -0.2) is 28.9 Å². The normalized spacial score (nSPS) is 15.7. The number of benzene rings is 1. The van der Waals surface area contributed by atoms with Crippen LogP contribution >= 0.6 is 11.3 Å². The lowest BCUT2D eigenvalue weighted by molar-refractivity contribution is -0.128. The lowest BCUT2D eigenvalue weighted by atomic mass is 9.80. The molecule has 1 saturated carbocycles. The number of hydrogen-bond donors (Lipinski definition) is 2. The second-order valence-electron chi connectivity index (χ2n) is 6.39. The topological polar surface area (TPSA) is 94.9 Å². The summed E-state index contributed by atoms with van der Waals surface area (Å²) in [5.41, 5.74) is 3.16. The Kier molecular flexibility index (Phi) is 5.64. The van der Waals surface area contributed by atoms with Gasteiger partial charge >= 0.3 is 0 Å². The van der Waals surface area contributed by atoms with Gasteiger partial charge in [0.1, 0.15) is 12.1 Å². The Hall–Kier alpha value is -2.72. The summed E-state index contributed by atoms with van der Waals surface area (Å²) in [5, 5.41) is 16.2. The number of hydrogen-bond acceptors (Lipinski definition) is 5. The lowest BCUT2D eigenvalue weighted by Crippen LogP contribution is -2.59. The van der Waals surface area contributed by atoms with Crippen LogP contribution in [-0.2, 0) is 4.79 Å². The molecular formula is C19H20N4O2S. The van der Waals surface area contributed by atoms with Crippen molar-refractivity contribution in [2.45, 2.75) is 37.6 Å². The number of rotatable bonds is 5. The van der Waals surface area contributed by atoms with Gasteiger partial charge in [-0.2, -0.15) is 5.26 Å². The van der Waals surface area contributed by atoms with Crippen molar-refractivity contribution >= 4 is 23.2 Å². The van der Waals surface area contributed by atoms with E-state index in [-0.39, 0.29) is 18.4 Å². The molecule has 0 atom stereocenters. The van der Waals surface area contributed by atoms with E-state index in [0.717, 1.165) is 30.5 Å². The van der Waals surface area contributed by atoms with Gasteiger partial charge in [-0.3, -0.25) is 9.59 Å². The summed E-state index contributed by atoms with van der Waals surface area (Å²) in [7, 11) is 0. The Bertz CT molecular complexity index is 803. The van der Waals surface area contributed by atoms with E-state index >= 15 is 0 Å². The summed E-state index contributed by atoms with van der Waals surface area (Å²) < 4.78 is 0. The first kappa shape index (κ1) is 18.1. The molecular weight excluding hydrogens is 348 g/mol. The maximum absolute atomic E-state index is 12.7. The maximum Gasteiger partial charge on any atom is 0.252 e. The first-order chi connectivity index (χ1) is 12.6. The highest BCUT2D eigenvalue weighted by atomic mass is 32.1. The maximum atomic E-state index is 12.7. The van der Waals surface area contributed by atoms with Crippen molar-refractivity contribution in [1.82, 2.24) is 15.6 Å². The molecule has 0 aliphatic heterocycles. The molecule has 2 N–H and O–H groups in total. The Morgan fingerprint density at radius 2 is 1.92 bits per heavy atom. The van der Waals surface area contributed by atoms with Crippen molar-refractivity contribution in [3.8, 4) is 17.3 Å². The van der Waals surface area contributed by atoms with Crippen LogP contribution in [0.4, 0.5) is 0 Å². The van der Waals surface area contributed by atoms with E-state index in [1.165, 1.54) is 11.3 Å². The Labute approximate surface area is 156 Å². The van der Waals surface area contributed by atoms with Crippen LogP contribution in [0.3, 0.4) is 0 Å². The average Bonchev–Trinajstić information content (AvgIpc) is 3.21. The van der Waals surface area contributed by atoms with Crippen LogP contribution in [0.2, 0.25) is 0 Å². The van der Waals surface area contributed by atoms with Gasteiger partial charge in [0.15, 0.2) is 0 Å². The predicted octanol–water partition coefficient (Wildman–Crippen LogP) is 2.88. The fourth-order valence-corrected chi connectivity index (χ4v) is 3.85. The Morgan fingerprint density at radius 1 is 1.19 bits per heavy atom. The third-order valence-electron chi connectivity index (χ3n) is 4.70. The molecule has 1 aliphatic rings. The zero-order valence-electron chi connectivity index (χ0n) is 14.3. The fraction of sp³-hybridized carbons (Fsp3) is 0.368. The van der Waals surface area contributed by atoms with E-state index in [0.29, 0.717) is 18.4 Å². The van der Waals surface area contributed by atoms with Gasteiger partial charge in [-0.25, -0.2) is 4.98 Å². The molecule has 1 aromatic carbocycles. The van der Waals surface area contributed by atoms with Crippen molar-refractivity contribution in [3.05, 3.63) is 40.7 Å². The fourth-order valence-electron chi connectivity index (χ4n) is 3.29. The summed E-state index contributed by atoms with van der Waals surface area (Å²) in [6.45, 7) is -0.0568. The van der Waals surface area contributed by atoms with Gasteiger partial charge < -0.3 is 10.6 Å². The predicted molar refractivity (Wildman–Crippen MR) is 99.5 cm³/mol. The molecule has 1 aliphatic carbocycles. The quantitative estimate of drug-likeness (QED) is 0.793. The monoisotopic (exact) mass is 368 g/mol. The first-order valence-corrected chi connectivity index (χ1v) is 9.55. The largest absolute Gasteiger partial charge is 0.341 e. The number of nitriles is 1. The van der Waals surface area contributed by atoms with E-state index in [1.54, 1.807) is 17.6 Å². The van der Waals surface area contributed by atoms with Crippen LogP contribution in [0.25, 0.3) is 11.3 Å². The molecule has 0 radical (unpaired) electrons. The molecule has 1 aromatic heterocycles. The number of amides is 2. The minimum absolute atomic E-state index is 0.0568. The Balaban J connectivity index is 1.75. The number of thiazole rings is 1. The number of nitrogens with one attached hydrogen (secondary N) is 2. The van der Waals surface area contributed by atoms with E-state index in [2.05, 4.69) is 15.6 Å². The minimum atomic E-state index is -0.931. The van der Waals surface area contributed by atoms with Gasteiger partial charge in [-0.15, -0.1) is 11.3 Å². The summed E-state index contributed by atoms with van der Waals surface area (Å²) >= 11 is 1.52. The smallest absolute Gasteiger partial charge is 0.252 e. The third-order valence-corrected chi connectivity index (χ3v) is 5.28. The zero-order valence-corrected chi connectivity index (χ0v) is 15.1. The van der Waals surface area contributed by atoms with Gasteiger partial charge in [0.2, 0.25) is 5.91 Å². The molecule has 1 fully saturated rings. The van der Waals surface area contributed by atoms with Gasteiger partial charge in [0.05, 0.1) is 17.3 Å². The molecule has 134 valence electrons. The molecule has 0 unspecified atom stereocenters. The van der Waals surface area contributed by atoms with Gasteiger partial charge in [0, 0.05) is 16.5 Å². The van der Waals surface area contributed by atoms with Crippen LogP contribution in [0.15, 0.2) is 35.2 Å². The highest BCUT2D eigenvalue weighted by Gasteiger charge is 2.40. The van der Waals surface area contributed by atoms with Gasteiger partial charge in [-0.1, -0.05) is 31.4 Å². The van der Waals surface area contributed by atoms with Crippen LogP contribution in [0.5, 0.6) is 0 Å². The summed E-state index contributed by atoms with van der Waals surface area (Å²) in [4.78, 5) is 29.6. The highest BCUT2D eigenvalue weighted by molar-refractivity contribution is 7.07. The van der Waals surface area contributed by atoms with E-state index in [9.17, 15) is 9.59 Å². The number of aromatic nitrogens is 1. The van der Waals surface area contributed by atoms with E-state index < -0.39 is 5.54 Å². The summed E-state index contributed by atoms with van der Waals surface area (Å²) in [5.74, 6) is -0.546. The molecule has 3 rings (SSSR count). The van der Waals surface area contributed by atoms with Gasteiger partial charge in [0.25, 0.3) is 5.91 Å². The van der Waals surface area contributed by atoms with Crippen LogP contribution in [0.1, 0.15) is 42.5 Å². The van der Waals surface area contributed by atoms with Crippen molar-refractivity contribution < 1.29 is 9.59 Å². The summed E-state index contributed by atoms with van der Waals surface area (Å²) in [6, 6.07) is 9.11. The van der Waals surface area contributed by atoms with Crippen molar-refractivity contribution in [2.75, 3.05) is 6.54 Å². The first-order valence-electron chi connectivity index (χ1n) is 8.61. The molecule has 2 amide bonds. The molecule has 26 heavy (non-hydrogen) atoms. The van der Waals surface area contributed by atoms with Crippen LogP contribution in [0, 0.1) is 11.3 Å². The van der Waals surface area contributed by atoms with Crippen molar-refractivity contribution in [3.63, 3.8) is 0 Å². The highest BCUT2D eigenvalue weighted by Crippen LogP contribution is 2.29. The molecule has 0 bridgehead atoms. The van der Waals surface area contributed by atoms with E-state index in [1.807, 2.05) is 23.6 Å². The second kappa shape index (κ2) is 8.11. The minimum Gasteiger partial charge on any atom is -0.341 e. The molecule has 6 nitrogen and oxygen atoms in total. The summed E-state index contributed by atoms with van der Waals surface area (Å²) in [6.07, 6.45) is 3.98. The molecule has 0 spiro atoms. The third kappa shape index (κ3) is 3.92. The second-order valence-corrected chi connectivity index (χ2v) is 7.11. The molecule has 0 saturated heterocycles. The zero-order chi connectivity index (χ0) is 18.4. The van der Waals surface area contributed by atoms with Crippen molar-refractivity contribution in [2.24, 2.45) is 0 Å². The number of carbonyl (C=O) groups excluding carboxylic acids is 2. The number of nitrogens with zero attached hydrogens (tertiary/aromatic N) is 2. The SMILES string of the molecule is N#CCNC(=O)C1(NC(=O)c2ccc(-c3cscn3)cc2)CCCCC1. The Morgan fingerprint density at radius 3 is 2.54 bits per heavy atom. The molecule has 1 heterocycles. The van der Waals surface area contributed by atoms with Crippen LogP contribution < -0.4 is 10.6 Å². The average molecular weight is 368 g/mol. The lowest BCUT2D eigenvalue weighted by Gasteiger charge is -2.36. The number of carbonyl (C=O) groups is 2.